The second-order valence-corrected chi connectivity index (χ2v) is 8.61. The molecule has 0 aromatic rings. The first-order valence-corrected chi connectivity index (χ1v) is 9.53. The Labute approximate surface area is 121 Å². The Morgan fingerprint density at radius 3 is 2.70 bits per heavy atom. The third-order valence-corrected chi connectivity index (χ3v) is 6.56. The van der Waals surface area contributed by atoms with Gasteiger partial charge in [-0.3, -0.25) is 4.79 Å². The predicted molar refractivity (Wildman–Crippen MR) is 76.5 cm³/mol. The molecule has 114 valence electrons. The van der Waals surface area contributed by atoms with Crippen LogP contribution in [-0.2, 0) is 14.8 Å². The molecule has 5 nitrogen and oxygen atoms in total. The normalized spacial score (nSPS) is 36.9. The Kier molecular flexibility index (Phi) is 3.79. The molecule has 2 aliphatic carbocycles. The zero-order valence-electron chi connectivity index (χ0n) is 12.0. The van der Waals surface area contributed by atoms with Gasteiger partial charge in [-0.05, 0) is 49.9 Å². The molecular weight excluding hydrogens is 276 g/mol. The average molecular weight is 300 g/mol. The molecule has 1 N–H and O–H groups in total. The minimum Gasteiger partial charge on any atom is -0.354 e. The van der Waals surface area contributed by atoms with Gasteiger partial charge in [0, 0.05) is 25.6 Å². The molecular formula is C14H24N2O3S. The van der Waals surface area contributed by atoms with E-state index in [2.05, 4.69) is 5.32 Å². The Morgan fingerprint density at radius 2 is 2.10 bits per heavy atom. The minimum atomic E-state index is -3.14. The molecule has 0 bridgehead atoms. The van der Waals surface area contributed by atoms with E-state index in [0.717, 1.165) is 24.7 Å². The highest BCUT2D eigenvalue weighted by molar-refractivity contribution is 7.88. The number of hydrogen-bond donors (Lipinski definition) is 1. The standard InChI is InChI=1S/C14H24N2O3S/c1-20(18,19)16-6-2-3-12(16)9-15-14(17)8-11-5-4-10-7-13(10)11/h10-13H,2-9H2,1H3,(H,15,17)/t10?,11?,12-,13?/m1/s1. The van der Waals surface area contributed by atoms with Crippen molar-refractivity contribution in [3.8, 4) is 0 Å². The van der Waals surface area contributed by atoms with Crippen molar-refractivity contribution in [2.24, 2.45) is 17.8 Å². The molecule has 1 heterocycles. The maximum Gasteiger partial charge on any atom is 0.220 e. The lowest BCUT2D eigenvalue weighted by Gasteiger charge is -2.22. The van der Waals surface area contributed by atoms with E-state index in [9.17, 15) is 13.2 Å². The number of amides is 1. The number of carbonyl (C=O) groups is 1. The Bertz CT molecular complexity index is 491. The fourth-order valence-electron chi connectivity index (χ4n) is 4.07. The lowest BCUT2D eigenvalue weighted by atomic mass is 9.99. The van der Waals surface area contributed by atoms with Gasteiger partial charge >= 0.3 is 0 Å². The van der Waals surface area contributed by atoms with Gasteiger partial charge in [-0.25, -0.2) is 8.42 Å². The average Bonchev–Trinajstić information content (AvgIpc) is 2.81. The molecule has 3 unspecified atom stereocenters. The van der Waals surface area contributed by atoms with Crippen LogP contribution in [0.4, 0.5) is 0 Å². The summed E-state index contributed by atoms with van der Waals surface area (Å²) in [6, 6.07) is -0.0498. The third-order valence-electron chi connectivity index (χ3n) is 5.22. The molecule has 20 heavy (non-hydrogen) atoms. The number of fused-ring (bicyclic) bond motifs is 1. The van der Waals surface area contributed by atoms with Gasteiger partial charge < -0.3 is 5.32 Å². The topological polar surface area (TPSA) is 66.5 Å². The number of hydrogen-bond acceptors (Lipinski definition) is 3. The van der Waals surface area contributed by atoms with Crippen LogP contribution < -0.4 is 5.32 Å². The lowest BCUT2D eigenvalue weighted by Crippen LogP contribution is -2.42. The van der Waals surface area contributed by atoms with E-state index in [0.29, 0.717) is 25.4 Å². The Morgan fingerprint density at radius 1 is 1.30 bits per heavy atom. The molecule has 2 saturated carbocycles. The van der Waals surface area contributed by atoms with E-state index in [1.807, 2.05) is 0 Å². The zero-order valence-corrected chi connectivity index (χ0v) is 12.9. The van der Waals surface area contributed by atoms with Gasteiger partial charge in [-0.1, -0.05) is 0 Å². The number of rotatable bonds is 5. The van der Waals surface area contributed by atoms with Crippen LogP contribution in [0.5, 0.6) is 0 Å². The molecule has 3 aliphatic rings. The van der Waals surface area contributed by atoms with Crippen molar-refractivity contribution in [2.75, 3.05) is 19.3 Å². The van der Waals surface area contributed by atoms with E-state index in [4.69, 9.17) is 0 Å². The van der Waals surface area contributed by atoms with Crippen LogP contribution in [0.2, 0.25) is 0 Å². The molecule has 0 radical (unpaired) electrons. The molecule has 1 amide bonds. The van der Waals surface area contributed by atoms with Crippen molar-refractivity contribution in [1.82, 2.24) is 9.62 Å². The number of carbonyl (C=O) groups excluding carboxylic acids is 1. The number of sulfonamides is 1. The maximum atomic E-state index is 12.0. The fraction of sp³-hybridized carbons (Fsp3) is 0.929. The molecule has 0 aromatic heterocycles. The van der Waals surface area contributed by atoms with Crippen molar-refractivity contribution in [3.63, 3.8) is 0 Å². The van der Waals surface area contributed by atoms with Crippen molar-refractivity contribution in [2.45, 2.75) is 44.6 Å². The maximum absolute atomic E-state index is 12.0. The Hall–Kier alpha value is -0.620. The molecule has 1 aliphatic heterocycles. The molecule has 6 heteroatoms. The first-order valence-electron chi connectivity index (χ1n) is 7.68. The third kappa shape index (κ3) is 3.01. The second kappa shape index (κ2) is 5.30. The smallest absolute Gasteiger partial charge is 0.220 e. The van der Waals surface area contributed by atoms with E-state index in [-0.39, 0.29) is 11.9 Å². The van der Waals surface area contributed by atoms with Gasteiger partial charge in [0.05, 0.1) is 6.26 Å². The number of nitrogens with one attached hydrogen (secondary N) is 1. The summed E-state index contributed by atoms with van der Waals surface area (Å²) in [5, 5.41) is 2.95. The van der Waals surface area contributed by atoms with E-state index >= 15 is 0 Å². The van der Waals surface area contributed by atoms with Gasteiger partial charge in [-0.15, -0.1) is 0 Å². The zero-order chi connectivity index (χ0) is 14.3. The summed E-state index contributed by atoms with van der Waals surface area (Å²) in [7, 11) is -3.14. The summed E-state index contributed by atoms with van der Waals surface area (Å²) in [6.07, 6.45) is 7.43. The van der Waals surface area contributed by atoms with Crippen molar-refractivity contribution in [3.05, 3.63) is 0 Å². The molecule has 1 saturated heterocycles. The highest BCUT2D eigenvalue weighted by Crippen LogP contribution is 2.56. The molecule has 3 rings (SSSR count). The van der Waals surface area contributed by atoms with Crippen molar-refractivity contribution < 1.29 is 13.2 Å². The molecule has 4 atom stereocenters. The van der Waals surface area contributed by atoms with Crippen LogP contribution in [0.15, 0.2) is 0 Å². The van der Waals surface area contributed by atoms with Gasteiger partial charge in [0.1, 0.15) is 0 Å². The van der Waals surface area contributed by atoms with Gasteiger partial charge in [0.25, 0.3) is 0 Å². The van der Waals surface area contributed by atoms with Gasteiger partial charge in [-0.2, -0.15) is 4.31 Å². The van der Waals surface area contributed by atoms with Crippen LogP contribution in [0, 0.1) is 17.8 Å². The quantitative estimate of drug-likeness (QED) is 0.822. The van der Waals surface area contributed by atoms with Crippen LogP contribution >= 0.6 is 0 Å². The van der Waals surface area contributed by atoms with Crippen LogP contribution in [-0.4, -0.2) is 44.0 Å². The van der Waals surface area contributed by atoms with Crippen molar-refractivity contribution >= 4 is 15.9 Å². The summed E-state index contributed by atoms with van der Waals surface area (Å²) in [5.41, 5.74) is 0. The first kappa shape index (κ1) is 14.3. The largest absolute Gasteiger partial charge is 0.354 e. The molecule has 3 fully saturated rings. The summed E-state index contributed by atoms with van der Waals surface area (Å²) < 4.78 is 24.8. The first-order chi connectivity index (χ1) is 9.45. The SMILES string of the molecule is CS(=O)(=O)N1CCC[C@@H]1CNC(=O)CC1CCC2CC12. The lowest BCUT2D eigenvalue weighted by molar-refractivity contribution is -0.122. The Balaban J connectivity index is 1.45. The predicted octanol–water partition coefficient (Wildman–Crippen LogP) is 0.963. The van der Waals surface area contributed by atoms with E-state index < -0.39 is 10.0 Å². The summed E-state index contributed by atoms with van der Waals surface area (Å²) in [5.74, 6) is 2.39. The van der Waals surface area contributed by atoms with Crippen LogP contribution in [0.3, 0.4) is 0 Å². The summed E-state index contributed by atoms with van der Waals surface area (Å²) in [6.45, 7) is 1.05. The van der Waals surface area contributed by atoms with Crippen LogP contribution in [0.1, 0.15) is 38.5 Å². The minimum absolute atomic E-state index is 0.0498. The van der Waals surface area contributed by atoms with Crippen LogP contribution in [0.25, 0.3) is 0 Å². The van der Waals surface area contributed by atoms with Crippen molar-refractivity contribution in [1.29, 1.82) is 0 Å². The van der Waals surface area contributed by atoms with Gasteiger partial charge in [0.15, 0.2) is 0 Å². The molecule has 0 spiro atoms. The fourth-order valence-corrected chi connectivity index (χ4v) is 5.25. The number of nitrogens with zero attached hydrogens (tertiary/aromatic N) is 1. The monoisotopic (exact) mass is 300 g/mol. The summed E-state index contributed by atoms with van der Waals surface area (Å²) >= 11 is 0. The van der Waals surface area contributed by atoms with E-state index in [1.54, 1.807) is 0 Å². The highest BCUT2D eigenvalue weighted by atomic mass is 32.2. The van der Waals surface area contributed by atoms with E-state index in [1.165, 1.54) is 29.8 Å². The van der Waals surface area contributed by atoms with Gasteiger partial charge in [0.2, 0.25) is 15.9 Å². The highest BCUT2D eigenvalue weighted by Gasteiger charge is 2.48. The second-order valence-electron chi connectivity index (χ2n) is 6.68. The molecule has 0 aromatic carbocycles. The summed E-state index contributed by atoms with van der Waals surface area (Å²) in [4.78, 5) is 12.0.